The molecule has 0 aliphatic carbocycles. The summed E-state index contributed by atoms with van der Waals surface area (Å²) in [6.45, 7) is 3.98. The van der Waals surface area contributed by atoms with Gasteiger partial charge < -0.3 is 10.6 Å². The molecular formula is C13H22N4. The van der Waals surface area contributed by atoms with Crippen molar-refractivity contribution < 1.29 is 0 Å². The Balaban J connectivity index is 2.05. The average Bonchev–Trinajstić information content (AvgIpc) is 2.79. The molecule has 2 rings (SSSR count). The molecule has 1 unspecified atom stereocenters. The first-order valence-corrected chi connectivity index (χ1v) is 6.62. The van der Waals surface area contributed by atoms with Crippen molar-refractivity contribution in [3.8, 4) is 0 Å². The van der Waals surface area contributed by atoms with Gasteiger partial charge in [0.2, 0.25) is 5.95 Å². The monoisotopic (exact) mass is 234 g/mol. The van der Waals surface area contributed by atoms with Crippen LogP contribution in [0.1, 0.15) is 38.2 Å². The number of anilines is 1. The Hall–Kier alpha value is -1.16. The normalized spacial score (nSPS) is 19.9. The van der Waals surface area contributed by atoms with Crippen LogP contribution in [0.15, 0.2) is 12.4 Å². The lowest BCUT2D eigenvalue weighted by Gasteiger charge is -2.24. The molecule has 1 aliphatic heterocycles. The van der Waals surface area contributed by atoms with Crippen LogP contribution < -0.4 is 10.6 Å². The zero-order valence-corrected chi connectivity index (χ0v) is 10.6. The van der Waals surface area contributed by atoms with Crippen LogP contribution >= 0.6 is 0 Å². The van der Waals surface area contributed by atoms with Crippen molar-refractivity contribution in [2.45, 2.75) is 45.1 Å². The summed E-state index contributed by atoms with van der Waals surface area (Å²) in [6.07, 6.45) is 9.62. The Bertz CT molecular complexity index is 336. The molecule has 94 valence electrons. The van der Waals surface area contributed by atoms with Crippen molar-refractivity contribution in [3.05, 3.63) is 18.0 Å². The van der Waals surface area contributed by atoms with Gasteiger partial charge in [0, 0.05) is 25.0 Å². The summed E-state index contributed by atoms with van der Waals surface area (Å²) < 4.78 is 0. The molecule has 2 heterocycles. The van der Waals surface area contributed by atoms with Gasteiger partial charge in [-0.25, -0.2) is 9.97 Å². The van der Waals surface area contributed by atoms with Crippen LogP contribution in [-0.4, -0.2) is 29.1 Å². The topological polar surface area (TPSA) is 55.0 Å². The van der Waals surface area contributed by atoms with Crippen LogP contribution in [0.5, 0.6) is 0 Å². The van der Waals surface area contributed by atoms with Gasteiger partial charge in [-0.05, 0) is 37.8 Å². The third-order valence-corrected chi connectivity index (χ3v) is 3.36. The molecule has 0 saturated carbocycles. The third kappa shape index (κ3) is 2.94. The van der Waals surface area contributed by atoms with Crippen LogP contribution in [0.25, 0.3) is 0 Å². The van der Waals surface area contributed by atoms with E-state index in [9.17, 15) is 0 Å². The molecule has 17 heavy (non-hydrogen) atoms. The highest BCUT2D eigenvalue weighted by Gasteiger charge is 2.25. The first-order chi connectivity index (χ1) is 8.35. The van der Waals surface area contributed by atoms with E-state index in [1.54, 1.807) is 0 Å². The summed E-state index contributed by atoms with van der Waals surface area (Å²) in [5.41, 5.74) is 6.87. The van der Waals surface area contributed by atoms with Crippen molar-refractivity contribution in [3.63, 3.8) is 0 Å². The van der Waals surface area contributed by atoms with Crippen LogP contribution in [0.4, 0.5) is 5.95 Å². The van der Waals surface area contributed by atoms with E-state index < -0.39 is 0 Å². The van der Waals surface area contributed by atoms with Crippen LogP contribution in [0.3, 0.4) is 0 Å². The second-order valence-corrected chi connectivity index (χ2v) is 4.71. The number of nitrogens with zero attached hydrogens (tertiary/aromatic N) is 3. The van der Waals surface area contributed by atoms with E-state index in [1.165, 1.54) is 18.4 Å². The summed E-state index contributed by atoms with van der Waals surface area (Å²) in [5, 5.41) is 0. The molecule has 0 aromatic carbocycles. The summed E-state index contributed by atoms with van der Waals surface area (Å²) in [7, 11) is 0. The Morgan fingerprint density at radius 3 is 2.82 bits per heavy atom. The lowest BCUT2D eigenvalue weighted by atomic mass is 10.1. The second-order valence-electron chi connectivity index (χ2n) is 4.71. The fourth-order valence-electron chi connectivity index (χ4n) is 2.51. The molecule has 4 heteroatoms. The van der Waals surface area contributed by atoms with Crippen LogP contribution in [-0.2, 0) is 6.42 Å². The molecule has 1 aromatic rings. The predicted octanol–water partition coefficient (Wildman–Crippen LogP) is 1.75. The highest BCUT2D eigenvalue weighted by molar-refractivity contribution is 5.33. The minimum Gasteiger partial charge on any atom is -0.338 e. The van der Waals surface area contributed by atoms with Gasteiger partial charge in [0.15, 0.2) is 0 Å². The zero-order valence-electron chi connectivity index (χ0n) is 10.6. The molecule has 1 aromatic heterocycles. The van der Waals surface area contributed by atoms with Gasteiger partial charge in [0.1, 0.15) is 0 Å². The highest BCUT2D eigenvalue weighted by Crippen LogP contribution is 2.23. The number of hydrogen-bond acceptors (Lipinski definition) is 4. The minimum atomic E-state index is 0.539. The van der Waals surface area contributed by atoms with E-state index in [0.29, 0.717) is 6.04 Å². The number of aryl methyl sites for hydroxylation is 1. The maximum Gasteiger partial charge on any atom is 0.225 e. The largest absolute Gasteiger partial charge is 0.338 e. The molecular weight excluding hydrogens is 212 g/mol. The lowest BCUT2D eigenvalue weighted by Crippen LogP contribution is -2.32. The molecule has 1 atom stereocenters. The molecule has 4 nitrogen and oxygen atoms in total. The molecule has 0 bridgehead atoms. The molecule has 2 N–H and O–H groups in total. The standard InChI is InChI=1S/C13H22N4/c1-2-4-11-9-15-13(16-10-11)17-8-3-5-12(17)6-7-14/h9-10,12H,2-8,14H2,1H3. The molecule has 1 aliphatic rings. The number of aromatic nitrogens is 2. The SMILES string of the molecule is CCCc1cnc(N2CCCC2CCN)nc1. The van der Waals surface area contributed by atoms with E-state index in [0.717, 1.165) is 38.3 Å². The van der Waals surface area contributed by atoms with Gasteiger partial charge >= 0.3 is 0 Å². The summed E-state index contributed by atoms with van der Waals surface area (Å²) in [4.78, 5) is 11.3. The van der Waals surface area contributed by atoms with Crippen molar-refractivity contribution in [2.75, 3.05) is 18.0 Å². The second kappa shape index (κ2) is 5.96. The van der Waals surface area contributed by atoms with E-state index in [1.807, 2.05) is 12.4 Å². The van der Waals surface area contributed by atoms with Crippen molar-refractivity contribution in [1.29, 1.82) is 0 Å². The average molecular weight is 234 g/mol. The predicted molar refractivity (Wildman–Crippen MR) is 70.1 cm³/mol. The maximum absolute atomic E-state index is 5.64. The Labute approximate surface area is 103 Å². The Kier molecular flexibility index (Phi) is 4.31. The third-order valence-electron chi connectivity index (χ3n) is 3.36. The minimum absolute atomic E-state index is 0.539. The quantitative estimate of drug-likeness (QED) is 0.843. The fraction of sp³-hybridized carbons (Fsp3) is 0.692. The van der Waals surface area contributed by atoms with E-state index in [4.69, 9.17) is 5.73 Å². The van der Waals surface area contributed by atoms with Crippen molar-refractivity contribution in [2.24, 2.45) is 5.73 Å². The Morgan fingerprint density at radius 1 is 1.41 bits per heavy atom. The summed E-state index contributed by atoms with van der Waals surface area (Å²) >= 11 is 0. The van der Waals surface area contributed by atoms with Gasteiger partial charge in [0.05, 0.1) is 0 Å². The summed E-state index contributed by atoms with van der Waals surface area (Å²) in [6, 6.07) is 0.539. The number of hydrogen-bond donors (Lipinski definition) is 1. The molecule has 1 saturated heterocycles. The van der Waals surface area contributed by atoms with E-state index >= 15 is 0 Å². The van der Waals surface area contributed by atoms with Crippen LogP contribution in [0, 0.1) is 0 Å². The molecule has 0 radical (unpaired) electrons. The van der Waals surface area contributed by atoms with Crippen molar-refractivity contribution >= 4 is 5.95 Å². The van der Waals surface area contributed by atoms with Gasteiger partial charge in [-0.3, -0.25) is 0 Å². The maximum atomic E-state index is 5.64. The van der Waals surface area contributed by atoms with Gasteiger partial charge in [-0.2, -0.15) is 0 Å². The highest BCUT2D eigenvalue weighted by atomic mass is 15.3. The van der Waals surface area contributed by atoms with E-state index in [2.05, 4.69) is 21.8 Å². The molecule has 1 fully saturated rings. The fourth-order valence-corrected chi connectivity index (χ4v) is 2.51. The smallest absolute Gasteiger partial charge is 0.225 e. The number of rotatable bonds is 5. The summed E-state index contributed by atoms with van der Waals surface area (Å²) in [5.74, 6) is 0.876. The lowest BCUT2D eigenvalue weighted by molar-refractivity contribution is 0.609. The zero-order chi connectivity index (χ0) is 12.1. The van der Waals surface area contributed by atoms with Gasteiger partial charge in [0.25, 0.3) is 0 Å². The van der Waals surface area contributed by atoms with Crippen LogP contribution in [0.2, 0.25) is 0 Å². The first kappa shape index (κ1) is 12.3. The van der Waals surface area contributed by atoms with Gasteiger partial charge in [-0.1, -0.05) is 13.3 Å². The number of nitrogens with two attached hydrogens (primary N) is 1. The van der Waals surface area contributed by atoms with Crippen molar-refractivity contribution in [1.82, 2.24) is 9.97 Å². The van der Waals surface area contributed by atoms with E-state index in [-0.39, 0.29) is 0 Å². The van der Waals surface area contributed by atoms with Gasteiger partial charge in [-0.15, -0.1) is 0 Å². The first-order valence-electron chi connectivity index (χ1n) is 6.62. The molecule has 0 amide bonds. The Morgan fingerprint density at radius 2 is 2.18 bits per heavy atom. The molecule has 0 spiro atoms.